The van der Waals surface area contributed by atoms with Crippen molar-refractivity contribution in [3.8, 4) is 5.88 Å². The van der Waals surface area contributed by atoms with E-state index in [0.29, 0.717) is 5.69 Å². The van der Waals surface area contributed by atoms with E-state index in [0.717, 1.165) is 29.0 Å². The molecule has 0 fully saturated rings. The zero-order valence-corrected chi connectivity index (χ0v) is 15.6. The number of benzene rings is 1. The van der Waals surface area contributed by atoms with Crippen LogP contribution >= 0.6 is 0 Å². The summed E-state index contributed by atoms with van der Waals surface area (Å²) in [5, 5.41) is 5.19. The van der Waals surface area contributed by atoms with Gasteiger partial charge in [0.1, 0.15) is 0 Å². The first-order valence-electron chi connectivity index (χ1n) is 8.36. The van der Waals surface area contributed by atoms with E-state index in [1.54, 1.807) is 0 Å². The third-order valence-corrected chi connectivity index (χ3v) is 3.73. The SMILES string of the molecule is Cc1cc(C)c(NC(=O)CNC(=O)c2ccc(OCC(F)(F)F)nc2)c(C)c1. The number of halogens is 3. The number of anilines is 1. The molecule has 0 bridgehead atoms. The first-order valence-corrected chi connectivity index (χ1v) is 8.36. The summed E-state index contributed by atoms with van der Waals surface area (Å²) < 4.78 is 40.8. The number of nitrogens with one attached hydrogen (secondary N) is 2. The molecule has 2 N–H and O–H groups in total. The monoisotopic (exact) mass is 395 g/mol. The smallest absolute Gasteiger partial charge is 0.422 e. The van der Waals surface area contributed by atoms with Gasteiger partial charge in [-0.15, -0.1) is 0 Å². The van der Waals surface area contributed by atoms with Crippen LogP contribution in [0.15, 0.2) is 30.5 Å². The molecular weight excluding hydrogens is 375 g/mol. The Hall–Kier alpha value is -3.10. The molecule has 0 aliphatic heterocycles. The van der Waals surface area contributed by atoms with Crippen molar-refractivity contribution in [3.63, 3.8) is 0 Å². The summed E-state index contributed by atoms with van der Waals surface area (Å²) in [6, 6.07) is 6.30. The zero-order valence-electron chi connectivity index (χ0n) is 15.6. The van der Waals surface area contributed by atoms with E-state index >= 15 is 0 Å². The summed E-state index contributed by atoms with van der Waals surface area (Å²) >= 11 is 0. The standard InChI is InChI=1S/C19H20F3N3O3/c1-11-6-12(2)17(13(3)7-11)25-15(26)9-24-18(27)14-4-5-16(23-8-14)28-10-19(20,21)22/h4-8H,9-10H2,1-3H3,(H,24,27)(H,25,26). The average molecular weight is 395 g/mol. The second-order valence-corrected chi connectivity index (χ2v) is 6.29. The molecule has 150 valence electrons. The lowest BCUT2D eigenvalue weighted by Crippen LogP contribution is -2.33. The second kappa shape index (κ2) is 8.73. The normalized spacial score (nSPS) is 11.1. The molecule has 0 atom stereocenters. The molecule has 2 rings (SSSR count). The van der Waals surface area contributed by atoms with Crippen LogP contribution < -0.4 is 15.4 Å². The second-order valence-electron chi connectivity index (χ2n) is 6.29. The molecule has 0 aliphatic carbocycles. The van der Waals surface area contributed by atoms with Crippen LogP contribution in [0.25, 0.3) is 0 Å². The molecule has 0 unspecified atom stereocenters. The highest BCUT2D eigenvalue weighted by Gasteiger charge is 2.28. The minimum atomic E-state index is -4.47. The van der Waals surface area contributed by atoms with Crippen molar-refractivity contribution in [3.05, 3.63) is 52.7 Å². The van der Waals surface area contributed by atoms with E-state index in [1.807, 2.05) is 32.9 Å². The van der Waals surface area contributed by atoms with Gasteiger partial charge in [0.05, 0.1) is 12.1 Å². The zero-order chi connectivity index (χ0) is 20.9. The molecule has 0 saturated carbocycles. The van der Waals surface area contributed by atoms with E-state index in [2.05, 4.69) is 20.4 Å². The maximum atomic E-state index is 12.1. The molecule has 1 aromatic carbocycles. The topological polar surface area (TPSA) is 80.3 Å². The van der Waals surface area contributed by atoms with Gasteiger partial charge in [0, 0.05) is 18.0 Å². The van der Waals surface area contributed by atoms with E-state index < -0.39 is 24.6 Å². The number of carbonyl (C=O) groups is 2. The predicted molar refractivity (Wildman–Crippen MR) is 97.4 cm³/mol. The first kappa shape index (κ1) is 21.2. The quantitative estimate of drug-likeness (QED) is 0.786. The van der Waals surface area contributed by atoms with Gasteiger partial charge in [0.25, 0.3) is 5.91 Å². The molecule has 1 aromatic heterocycles. The number of hydrogen-bond acceptors (Lipinski definition) is 4. The van der Waals surface area contributed by atoms with Gasteiger partial charge >= 0.3 is 6.18 Å². The van der Waals surface area contributed by atoms with E-state index in [-0.39, 0.29) is 18.0 Å². The number of ether oxygens (including phenoxy) is 1. The molecule has 2 aromatic rings. The minimum Gasteiger partial charge on any atom is -0.468 e. The van der Waals surface area contributed by atoms with Gasteiger partial charge in [0.2, 0.25) is 11.8 Å². The third-order valence-electron chi connectivity index (χ3n) is 3.73. The molecule has 1 heterocycles. The number of pyridine rings is 1. The Bertz CT molecular complexity index is 842. The van der Waals surface area contributed by atoms with Gasteiger partial charge in [-0.3, -0.25) is 9.59 Å². The van der Waals surface area contributed by atoms with Crippen LogP contribution in [-0.2, 0) is 4.79 Å². The highest BCUT2D eigenvalue weighted by molar-refractivity contribution is 5.99. The summed E-state index contributed by atoms with van der Waals surface area (Å²) in [4.78, 5) is 27.8. The summed E-state index contributed by atoms with van der Waals surface area (Å²) in [6.45, 7) is 3.98. The molecular formula is C19H20F3N3O3. The Kier molecular flexibility index (Phi) is 6.61. The summed E-state index contributed by atoms with van der Waals surface area (Å²) in [7, 11) is 0. The molecule has 0 aliphatic rings. The molecule has 28 heavy (non-hydrogen) atoms. The van der Waals surface area contributed by atoms with Gasteiger partial charge in [-0.05, 0) is 38.0 Å². The molecule has 2 amide bonds. The lowest BCUT2D eigenvalue weighted by molar-refractivity contribution is -0.154. The molecule has 6 nitrogen and oxygen atoms in total. The molecule has 0 spiro atoms. The number of carbonyl (C=O) groups excluding carboxylic acids is 2. The fourth-order valence-corrected chi connectivity index (χ4v) is 2.58. The Labute approximate surface area is 160 Å². The Morgan fingerprint density at radius 1 is 1.11 bits per heavy atom. The number of rotatable bonds is 6. The fraction of sp³-hybridized carbons (Fsp3) is 0.316. The molecule has 0 saturated heterocycles. The van der Waals surface area contributed by atoms with Gasteiger partial charge in [-0.1, -0.05) is 17.7 Å². The number of aryl methyl sites for hydroxylation is 3. The maximum absolute atomic E-state index is 12.1. The fourth-order valence-electron chi connectivity index (χ4n) is 2.58. The van der Waals surface area contributed by atoms with Crippen molar-refractivity contribution in [1.82, 2.24) is 10.3 Å². The Morgan fingerprint density at radius 2 is 1.75 bits per heavy atom. The predicted octanol–water partition coefficient (Wildman–Crippen LogP) is 3.32. The van der Waals surface area contributed by atoms with Crippen molar-refractivity contribution in [2.24, 2.45) is 0 Å². The molecule has 0 radical (unpaired) electrons. The number of amides is 2. The van der Waals surface area contributed by atoms with Crippen molar-refractivity contribution in [2.75, 3.05) is 18.5 Å². The van der Waals surface area contributed by atoms with Gasteiger partial charge in [-0.25, -0.2) is 4.98 Å². The van der Waals surface area contributed by atoms with Crippen LogP contribution in [0.5, 0.6) is 5.88 Å². The van der Waals surface area contributed by atoms with E-state index in [1.165, 1.54) is 6.07 Å². The summed E-state index contributed by atoms with van der Waals surface area (Å²) in [5.74, 6) is -1.24. The van der Waals surface area contributed by atoms with E-state index in [9.17, 15) is 22.8 Å². The lowest BCUT2D eigenvalue weighted by atomic mass is 10.1. The largest absolute Gasteiger partial charge is 0.468 e. The van der Waals surface area contributed by atoms with Crippen molar-refractivity contribution >= 4 is 17.5 Å². The molecule has 9 heteroatoms. The lowest BCUT2D eigenvalue weighted by Gasteiger charge is -2.13. The minimum absolute atomic E-state index is 0.0925. The average Bonchev–Trinajstić information content (AvgIpc) is 2.60. The third kappa shape index (κ3) is 6.26. The van der Waals surface area contributed by atoms with Crippen molar-refractivity contribution < 1.29 is 27.5 Å². The van der Waals surface area contributed by atoms with Crippen LogP contribution in [0.1, 0.15) is 27.0 Å². The van der Waals surface area contributed by atoms with Crippen LogP contribution in [0.4, 0.5) is 18.9 Å². The number of nitrogens with zero attached hydrogens (tertiary/aromatic N) is 1. The number of alkyl halides is 3. The summed E-state index contributed by atoms with van der Waals surface area (Å²) in [6.07, 6.45) is -3.40. The summed E-state index contributed by atoms with van der Waals surface area (Å²) in [5.41, 5.74) is 3.69. The van der Waals surface area contributed by atoms with Crippen LogP contribution in [0, 0.1) is 20.8 Å². The number of hydrogen-bond donors (Lipinski definition) is 2. The van der Waals surface area contributed by atoms with Crippen molar-refractivity contribution in [1.29, 1.82) is 0 Å². The maximum Gasteiger partial charge on any atom is 0.422 e. The highest BCUT2D eigenvalue weighted by atomic mass is 19.4. The van der Waals surface area contributed by atoms with Crippen LogP contribution in [0.2, 0.25) is 0 Å². The van der Waals surface area contributed by atoms with Crippen LogP contribution in [0.3, 0.4) is 0 Å². The number of aromatic nitrogens is 1. The first-order chi connectivity index (χ1) is 13.0. The van der Waals surface area contributed by atoms with Crippen LogP contribution in [-0.4, -0.2) is 36.1 Å². The van der Waals surface area contributed by atoms with Gasteiger partial charge in [0.15, 0.2) is 6.61 Å². The highest BCUT2D eigenvalue weighted by Crippen LogP contribution is 2.21. The van der Waals surface area contributed by atoms with Gasteiger partial charge < -0.3 is 15.4 Å². The van der Waals surface area contributed by atoms with Gasteiger partial charge in [-0.2, -0.15) is 13.2 Å². The van der Waals surface area contributed by atoms with Crippen molar-refractivity contribution in [2.45, 2.75) is 26.9 Å². The Morgan fingerprint density at radius 3 is 2.29 bits per heavy atom. The Balaban J connectivity index is 1.89. The van der Waals surface area contributed by atoms with E-state index in [4.69, 9.17) is 0 Å².